The third-order valence-electron chi connectivity index (χ3n) is 4.39. The minimum Gasteiger partial charge on any atom is -0.366 e. The zero-order chi connectivity index (χ0) is 17.5. The predicted octanol–water partition coefficient (Wildman–Crippen LogP) is 1.37. The number of nitrogens with one attached hydrogen (secondary N) is 1. The van der Waals surface area contributed by atoms with E-state index in [1.807, 2.05) is 37.6 Å². The molecule has 1 aliphatic rings. The maximum absolute atomic E-state index is 12.3. The minimum absolute atomic E-state index is 0.0102. The average Bonchev–Trinajstić information content (AvgIpc) is 3.05. The average molecular weight is 342 g/mol. The molecule has 6 nitrogen and oxygen atoms in total. The first-order chi connectivity index (χ1) is 12.2. The second-order valence-electron chi connectivity index (χ2n) is 6.50. The third kappa shape index (κ3) is 5.41. The Morgan fingerprint density at radius 1 is 1.32 bits per heavy atom. The van der Waals surface area contributed by atoms with E-state index in [0.717, 1.165) is 25.9 Å². The number of hydrogen-bond donors (Lipinski definition) is 1. The van der Waals surface area contributed by atoms with E-state index in [1.165, 1.54) is 11.1 Å². The van der Waals surface area contributed by atoms with Crippen molar-refractivity contribution >= 4 is 5.91 Å². The van der Waals surface area contributed by atoms with Crippen molar-refractivity contribution < 1.29 is 9.53 Å². The van der Waals surface area contributed by atoms with E-state index in [1.54, 1.807) is 4.68 Å². The third-order valence-corrected chi connectivity index (χ3v) is 4.39. The SMILES string of the molecule is Cn1cc(CCCNC(=O)[C@@H]2CN(Cc3ccccc3)CCO2)cn1. The van der Waals surface area contributed by atoms with Crippen molar-refractivity contribution in [1.82, 2.24) is 20.0 Å². The number of morpholine rings is 1. The zero-order valence-electron chi connectivity index (χ0n) is 14.7. The number of nitrogens with zero attached hydrogens (tertiary/aromatic N) is 3. The first kappa shape index (κ1) is 17.6. The van der Waals surface area contributed by atoms with Crippen molar-refractivity contribution in [2.24, 2.45) is 7.05 Å². The van der Waals surface area contributed by atoms with Gasteiger partial charge in [0.2, 0.25) is 5.91 Å². The van der Waals surface area contributed by atoms with Gasteiger partial charge in [-0.1, -0.05) is 30.3 Å². The lowest BCUT2D eigenvalue weighted by Crippen LogP contribution is -2.49. The molecule has 0 radical (unpaired) electrons. The Balaban J connectivity index is 1.39. The van der Waals surface area contributed by atoms with Gasteiger partial charge in [-0.25, -0.2) is 0 Å². The number of aromatic nitrogens is 2. The van der Waals surface area contributed by atoms with Crippen molar-refractivity contribution in [3.8, 4) is 0 Å². The number of carbonyl (C=O) groups excluding carboxylic acids is 1. The Morgan fingerprint density at radius 2 is 2.16 bits per heavy atom. The van der Waals surface area contributed by atoms with Gasteiger partial charge in [-0.15, -0.1) is 0 Å². The van der Waals surface area contributed by atoms with Crippen LogP contribution >= 0.6 is 0 Å². The summed E-state index contributed by atoms with van der Waals surface area (Å²) in [6.07, 6.45) is 5.31. The normalized spacial score (nSPS) is 18.2. The highest BCUT2D eigenvalue weighted by atomic mass is 16.5. The van der Waals surface area contributed by atoms with Crippen LogP contribution in [0.4, 0.5) is 0 Å². The molecule has 2 heterocycles. The number of hydrogen-bond acceptors (Lipinski definition) is 4. The Kier molecular flexibility index (Phi) is 6.19. The summed E-state index contributed by atoms with van der Waals surface area (Å²) < 4.78 is 7.46. The van der Waals surface area contributed by atoms with Gasteiger partial charge in [0.05, 0.1) is 12.8 Å². The Bertz CT molecular complexity index is 671. The van der Waals surface area contributed by atoms with E-state index in [-0.39, 0.29) is 12.0 Å². The van der Waals surface area contributed by atoms with Gasteiger partial charge in [0.15, 0.2) is 0 Å². The fourth-order valence-electron chi connectivity index (χ4n) is 3.07. The second-order valence-corrected chi connectivity index (χ2v) is 6.50. The molecule has 1 saturated heterocycles. The lowest BCUT2D eigenvalue weighted by molar-refractivity contribution is -0.138. The molecule has 1 aromatic heterocycles. The molecule has 0 saturated carbocycles. The van der Waals surface area contributed by atoms with Crippen LogP contribution in [0.25, 0.3) is 0 Å². The van der Waals surface area contributed by atoms with E-state index in [9.17, 15) is 4.79 Å². The van der Waals surface area contributed by atoms with Crippen molar-refractivity contribution in [3.05, 3.63) is 53.9 Å². The number of amides is 1. The highest BCUT2D eigenvalue weighted by molar-refractivity contribution is 5.81. The predicted molar refractivity (Wildman–Crippen MR) is 96.0 cm³/mol. The molecule has 3 rings (SSSR count). The van der Waals surface area contributed by atoms with Crippen LogP contribution in [-0.4, -0.2) is 52.9 Å². The molecule has 6 heteroatoms. The smallest absolute Gasteiger partial charge is 0.250 e. The zero-order valence-corrected chi connectivity index (χ0v) is 14.7. The van der Waals surface area contributed by atoms with Gasteiger partial charge in [-0.05, 0) is 24.0 Å². The van der Waals surface area contributed by atoms with Gasteiger partial charge >= 0.3 is 0 Å². The molecule has 1 amide bonds. The van der Waals surface area contributed by atoms with Gasteiger partial charge in [0.1, 0.15) is 6.10 Å². The molecular formula is C19H26N4O2. The molecule has 0 aliphatic carbocycles. The van der Waals surface area contributed by atoms with Crippen LogP contribution in [0, 0.1) is 0 Å². The molecule has 1 aliphatic heterocycles. The number of carbonyl (C=O) groups is 1. The molecule has 0 unspecified atom stereocenters. The van der Waals surface area contributed by atoms with Crippen LogP contribution in [0.3, 0.4) is 0 Å². The van der Waals surface area contributed by atoms with Crippen LogP contribution in [0.2, 0.25) is 0 Å². The first-order valence-corrected chi connectivity index (χ1v) is 8.84. The van der Waals surface area contributed by atoms with Crippen molar-refractivity contribution in [2.45, 2.75) is 25.5 Å². The molecule has 1 atom stereocenters. The largest absolute Gasteiger partial charge is 0.366 e. The van der Waals surface area contributed by atoms with E-state index >= 15 is 0 Å². The van der Waals surface area contributed by atoms with Crippen molar-refractivity contribution in [3.63, 3.8) is 0 Å². The van der Waals surface area contributed by atoms with E-state index in [2.05, 4.69) is 27.4 Å². The Labute approximate surface area is 148 Å². The van der Waals surface area contributed by atoms with Crippen molar-refractivity contribution in [2.75, 3.05) is 26.2 Å². The number of aryl methyl sites for hydroxylation is 2. The van der Waals surface area contributed by atoms with Crippen LogP contribution in [0.15, 0.2) is 42.7 Å². The molecule has 0 bridgehead atoms. The second kappa shape index (κ2) is 8.78. The van der Waals surface area contributed by atoms with Gasteiger partial charge in [-0.3, -0.25) is 14.4 Å². The summed E-state index contributed by atoms with van der Waals surface area (Å²) in [5.74, 6) is -0.0102. The summed E-state index contributed by atoms with van der Waals surface area (Å²) in [5, 5.41) is 7.15. The molecule has 1 fully saturated rings. The lowest BCUT2D eigenvalue weighted by atomic mass is 10.1. The summed E-state index contributed by atoms with van der Waals surface area (Å²) in [5.41, 5.74) is 2.46. The summed E-state index contributed by atoms with van der Waals surface area (Å²) >= 11 is 0. The Hall–Kier alpha value is -2.18. The number of ether oxygens (including phenoxy) is 1. The molecule has 1 N–H and O–H groups in total. The topological polar surface area (TPSA) is 59.4 Å². The first-order valence-electron chi connectivity index (χ1n) is 8.84. The van der Waals surface area contributed by atoms with Crippen LogP contribution in [-0.2, 0) is 29.5 Å². The molecule has 1 aromatic carbocycles. The minimum atomic E-state index is -0.379. The maximum atomic E-state index is 12.3. The van der Waals surface area contributed by atoms with Crippen LogP contribution < -0.4 is 5.32 Å². The molecule has 2 aromatic rings. The monoisotopic (exact) mass is 342 g/mol. The van der Waals surface area contributed by atoms with Gasteiger partial charge in [0.25, 0.3) is 0 Å². The summed E-state index contributed by atoms with van der Waals surface area (Å²) in [4.78, 5) is 14.6. The fraction of sp³-hybridized carbons (Fsp3) is 0.474. The summed E-state index contributed by atoms with van der Waals surface area (Å²) in [7, 11) is 1.91. The number of benzene rings is 1. The van der Waals surface area contributed by atoms with Crippen molar-refractivity contribution in [1.29, 1.82) is 0 Å². The van der Waals surface area contributed by atoms with Crippen LogP contribution in [0.1, 0.15) is 17.5 Å². The Morgan fingerprint density at radius 3 is 2.92 bits per heavy atom. The molecule has 134 valence electrons. The summed E-state index contributed by atoms with van der Waals surface area (Å²) in [6, 6.07) is 10.3. The lowest BCUT2D eigenvalue weighted by Gasteiger charge is -2.32. The van der Waals surface area contributed by atoms with Crippen LogP contribution in [0.5, 0.6) is 0 Å². The highest BCUT2D eigenvalue weighted by Gasteiger charge is 2.26. The molecule has 0 spiro atoms. The van der Waals surface area contributed by atoms with E-state index in [0.29, 0.717) is 19.7 Å². The molecule has 25 heavy (non-hydrogen) atoms. The fourth-order valence-corrected chi connectivity index (χ4v) is 3.07. The van der Waals surface area contributed by atoms with Gasteiger partial charge in [-0.2, -0.15) is 5.10 Å². The summed E-state index contributed by atoms with van der Waals surface area (Å²) in [6.45, 7) is 3.62. The standard InChI is InChI=1S/C19H26N4O2/c1-22-13-17(12-21-22)8-5-9-20-19(24)18-15-23(10-11-25-18)14-16-6-3-2-4-7-16/h2-4,6-7,12-13,18H,5,8-11,14-15H2,1H3,(H,20,24)/t18-/m0/s1. The highest BCUT2D eigenvalue weighted by Crippen LogP contribution is 2.10. The number of rotatable bonds is 7. The van der Waals surface area contributed by atoms with E-state index in [4.69, 9.17) is 4.74 Å². The maximum Gasteiger partial charge on any atom is 0.250 e. The van der Waals surface area contributed by atoms with Gasteiger partial charge in [0, 0.05) is 39.4 Å². The quantitative estimate of drug-likeness (QED) is 0.772. The van der Waals surface area contributed by atoms with Gasteiger partial charge < -0.3 is 10.1 Å². The molecular weight excluding hydrogens is 316 g/mol. The van der Waals surface area contributed by atoms with E-state index < -0.39 is 0 Å².